The number of halogens is 1. The van der Waals surface area contributed by atoms with Gasteiger partial charge in [-0.25, -0.2) is 9.49 Å². The zero-order chi connectivity index (χ0) is 18.1. The molecular formula is C20H13FN2O3. The smallest absolute Gasteiger partial charge is 0.264 e. The molecule has 1 N–H and O–H groups in total. The van der Waals surface area contributed by atoms with E-state index in [0.29, 0.717) is 17.7 Å². The number of carbonyl (C=O) groups is 1. The SMILES string of the molecule is O=C(c1ccccc1F)c1cc(Cc2ccc(=O)[nH]n2)cc2ccoc12. The Bertz CT molecular complexity index is 1160. The molecule has 2 heterocycles. The minimum Gasteiger partial charge on any atom is -0.464 e. The molecule has 26 heavy (non-hydrogen) atoms. The van der Waals surface area contributed by atoms with E-state index in [0.717, 1.165) is 10.9 Å². The van der Waals surface area contributed by atoms with Gasteiger partial charge in [0.2, 0.25) is 0 Å². The summed E-state index contributed by atoms with van der Waals surface area (Å²) in [6.07, 6.45) is 1.90. The lowest BCUT2D eigenvalue weighted by molar-refractivity contribution is 0.103. The highest BCUT2D eigenvalue weighted by Gasteiger charge is 2.19. The van der Waals surface area contributed by atoms with Gasteiger partial charge in [-0.2, -0.15) is 5.10 Å². The number of aromatic amines is 1. The van der Waals surface area contributed by atoms with Gasteiger partial charge in [0.15, 0.2) is 5.78 Å². The lowest BCUT2D eigenvalue weighted by Crippen LogP contribution is -2.08. The van der Waals surface area contributed by atoms with Crippen LogP contribution in [0.5, 0.6) is 0 Å². The number of rotatable bonds is 4. The lowest BCUT2D eigenvalue weighted by atomic mass is 9.97. The van der Waals surface area contributed by atoms with Crippen molar-refractivity contribution in [3.63, 3.8) is 0 Å². The molecule has 0 saturated carbocycles. The molecule has 0 aliphatic carbocycles. The van der Waals surface area contributed by atoms with Gasteiger partial charge in [0.1, 0.15) is 11.4 Å². The predicted octanol–water partition coefficient (Wildman–Crippen LogP) is 3.48. The summed E-state index contributed by atoms with van der Waals surface area (Å²) in [6.45, 7) is 0. The van der Waals surface area contributed by atoms with Crippen LogP contribution >= 0.6 is 0 Å². The molecule has 0 bridgehead atoms. The highest BCUT2D eigenvalue weighted by atomic mass is 19.1. The van der Waals surface area contributed by atoms with E-state index in [1.807, 2.05) is 6.07 Å². The maximum Gasteiger partial charge on any atom is 0.264 e. The van der Waals surface area contributed by atoms with Crippen molar-refractivity contribution in [2.75, 3.05) is 0 Å². The van der Waals surface area contributed by atoms with Gasteiger partial charge < -0.3 is 4.42 Å². The molecule has 0 atom stereocenters. The molecule has 0 fully saturated rings. The van der Waals surface area contributed by atoms with Crippen LogP contribution in [-0.4, -0.2) is 16.0 Å². The molecule has 2 aromatic carbocycles. The number of nitrogens with one attached hydrogen (secondary N) is 1. The number of H-pyrrole nitrogens is 1. The van der Waals surface area contributed by atoms with Crippen molar-refractivity contribution >= 4 is 16.8 Å². The van der Waals surface area contributed by atoms with Gasteiger partial charge in [0, 0.05) is 17.9 Å². The van der Waals surface area contributed by atoms with Gasteiger partial charge in [-0.3, -0.25) is 9.59 Å². The number of hydrogen-bond donors (Lipinski definition) is 1. The van der Waals surface area contributed by atoms with Gasteiger partial charge in [0.05, 0.1) is 23.1 Å². The van der Waals surface area contributed by atoms with Crippen LogP contribution in [0.4, 0.5) is 4.39 Å². The van der Waals surface area contributed by atoms with Crippen molar-refractivity contribution < 1.29 is 13.6 Å². The van der Waals surface area contributed by atoms with E-state index in [-0.39, 0.29) is 16.7 Å². The molecule has 0 saturated heterocycles. The van der Waals surface area contributed by atoms with Gasteiger partial charge in [-0.15, -0.1) is 0 Å². The van der Waals surface area contributed by atoms with Crippen LogP contribution in [-0.2, 0) is 6.42 Å². The van der Waals surface area contributed by atoms with E-state index in [9.17, 15) is 14.0 Å². The molecule has 0 unspecified atom stereocenters. The van der Waals surface area contributed by atoms with Crippen molar-refractivity contribution in [1.29, 1.82) is 0 Å². The van der Waals surface area contributed by atoms with Gasteiger partial charge in [-0.05, 0) is 42.0 Å². The molecule has 0 amide bonds. The Labute approximate surface area is 147 Å². The second kappa shape index (κ2) is 6.40. The summed E-state index contributed by atoms with van der Waals surface area (Å²) >= 11 is 0. The highest BCUT2D eigenvalue weighted by molar-refractivity contribution is 6.15. The van der Waals surface area contributed by atoms with E-state index in [1.54, 1.807) is 24.3 Å². The molecule has 0 spiro atoms. The maximum absolute atomic E-state index is 14.0. The van der Waals surface area contributed by atoms with Gasteiger partial charge in [0.25, 0.3) is 5.56 Å². The second-order valence-corrected chi connectivity index (χ2v) is 5.88. The van der Waals surface area contributed by atoms with E-state index in [1.165, 1.54) is 30.5 Å². The van der Waals surface area contributed by atoms with Crippen LogP contribution < -0.4 is 5.56 Å². The third-order valence-electron chi connectivity index (χ3n) is 4.10. The number of furan rings is 1. The Morgan fingerprint density at radius 3 is 2.69 bits per heavy atom. The molecule has 5 nitrogen and oxygen atoms in total. The third-order valence-corrected chi connectivity index (χ3v) is 4.10. The topological polar surface area (TPSA) is 76.0 Å². The number of aromatic nitrogens is 2. The first kappa shape index (κ1) is 16.0. The van der Waals surface area contributed by atoms with E-state index < -0.39 is 11.6 Å². The highest BCUT2D eigenvalue weighted by Crippen LogP contribution is 2.26. The Hall–Kier alpha value is -3.54. The van der Waals surface area contributed by atoms with E-state index in [4.69, 9.17) is 4.42 Å². The summed E-state index contributed by atoms with van der Waals surface area (Å²) in [6, 6.07) is 14.2. The predicted molar refractivity (Wildman–Crippen MR) is 93.7 cm³/mol. The number of nitrogens with zero attached hydrogens (tertiary/aromatic N) is 1. The largest absolute Gasteiger partial charge is 0.464 e. The maximum atomic E-state index is 14.0. The fourth-order valence-corrected chi connectivity index (χ4v) is 2.89. The zero-order valence-corrected chi connectivity index (χ0v) is 13.5. The molecular weight excluding hydrogens is 335 g/mol. The molecule has 4 rings (SSSR count). The quantitative estimate of drug-likeness (QED) is 0.573. The first-order valence-electron chi connectivity index (χ1n) is 7.96. The first-order chi connectivity index (χ1) is 12.6. The molecule has 0 radical (unpaired) electrons. The Kier molecular flexibility index (Phi) is 3.93. The summed E-state index contributed by atoms with van der Waals surface area (Å²) in [5.74, 6) is -1.02. The first-order valence-corrected chi connectivity index (χ1v) is 7.96. The van der Waals surface area contributed by atoms with Gasteiger partial charge >= 0.3 is 0 Å². The number of ketones is 1. The summed E-state index contributed by atoms with van der Waals surface area (Å²) < 4.78 is 19.5. The molecule has 6 heteroatoms. The molecule has 2 aromatic heterocycles. The Balaban J connectivity index is 1.80. The van der Waals surface area contributed by atoms with Crippen molar-refractivity contribution in [1.82, 2.24) is 10.2 Å². The molecule has 0 aliphatic rings. The Morgan fingerprint density at radius 2 is 1.92 bits per heavy atom. The summed E-state index contributed by atoms with van der Waals surface area (Å²) in [5, 5.41) is 7.11. The standard InChI is InChI=1S/C20H13FN2O3/c21-17-4-2-1-3-15(17)19(25)16-11-12(9-13-7-8-26-20(13)16)10-14-5-6-18(24)23-22-14/h1-9,11H,10H2,(H,23,24). The van der Waals surface area contributed by atoms with Crippen LogP contribution in [0.25, 0.3) is 11.0 Å². The van der Waals surface area contributed by atoms with Crippen LogP contribution in [0.2, 0.25) is 0 Å². The minimum atomic E-state index is -0.579. The summed E-state index contributed by atoms with van der Waals surface area (Å²) in [4.78, 5) is 24.0. The van der Waals surface area contributed by atoms with Crippen LogP contribution in [0.15, 0.2) is 70.1 Å². The minimum absolute atomic E-state index is 0.00971. The summed E-state index contributed by atoms with van der Waals surface area (Å²) in [5.41, 5.74) is 1.86. The van der Waals surface area contributed by atoms with Crippen LogP contribution in [0, 0.1) is 5.82 Å². The van der Waals surface area contributed by atoms with E-state index in [2.05, 4.69) is 10.2 Å². The zero-order valence-electron chi connectivity index (χ0n) is 13.5. The normalized spacial score (nSPS) is 11.0. The van der Waals surface area contributed by atoms with Gasteiger partial charge in [-0.1, -0.05) is 12.1 Å². The Morgan fingerprint density at radius 1 is 1.08 bits per heavy atom. The van der Waals surface area contributed by atoms with Crippen LogP contribution in [0.1, 0.15) is 27.2 Å². The van der Waals surface area contributed by atoms with Crippen molar-refractivity contribution in [2.45, 2.75) is 6.42 Å². The van der Waals surface area contributed by atoms with E-state index >= 15 is 0 Å². The fourth-order valence-electron chi connectivity index (χ4n) is 2.89. The second-order valence-electron chi connectivity index (χ2n) is 5.88. The number of fused-ring (bicyclic) bond motifs is 1. The molecule has 128 valence electrons. The number of hydrogen-bond acceptors (Lipinski definition) is 4. The third kappa shape index (κ3) is 2.93. The average molecular weight is 348 g/mol. The van der Waals surface area contributed by atoms with Crippen LogP contribution in [0.3, 0.4) is 0 Å². The molecule has 4 aromatic rings. The van der Waals surface area contributed by atoms with Crippen molar-refractivity contribution in [2.24, 2.45) is 0 Å². The number of benzene rings is 2. The fraction of sp³-hybridized carbons (Fsp3) is 0.0500. The average Bonchev–Trinajstić information content (AvgIpc) is 3.11. The monoisotopic (exact) mass is 348 g/mol. The molecule has 0 aliphatic heterocycles. The lowest BCUT2D eigenvalue weighted by Gasteiger charge is -2.07. The van der Waals surface area contributed by atoms with Crippen molar-refractivity contribution in [3.8, 4) is 0 Å². The number of carbonyl (C=O) groups excluding carboxylic acids is 1. The summed E-state index contributed by atoms with van der Waals surface area (Å²) in [7, 11) is 0. The van der Waals surface area contributed by atoms with Crippen molar-refractivity contribution in [3.05, 3.63) is 99.4 Å².